The minimum atomic E-state index is -0.756. The van der Waals surface area contributed by atoms with Crippen molar-refractivity contribution >= 4 is 17.3 Å². The van der Waals surface area contributed by atoms with Crippen LogP contribution in [-0.4, -0.2) is 17.6 Å². The Bertz CT molecular complexity index is 375. The SMILES string of the molecule is CC1CC1CNCc1ccc(CC(=O)O)s1. The fraction of sp³-hybridized carbons (Fsp3) is 0.583. The van der Waals surface area contributed by atoms with Crippen LogP contribution < -0.4 is 5.32 Å². The van der Waals surface area contributed by atoms with Gasteiger partial charge in [0.15, 0.2) is 0 Å². The van der Waals surface area contributed by atoms with Gasteiger partial charge in [0.25, 0.3) is 0 Å². The predicted molar refractivity (Wildman–Crippen MR) is 64.6 cm³/mol. The molecule has 1 aromatic rings. The Hall–Kier alpha value is -0.870. The van der Waals surface area contributed by atoms with Gasteiger partial charge in [0.2, 0.25) is 0 Å². The Morgan fingerprint density at radius 1 is 1.56 bits per heavy atom. The maximum absolute atomic E-state index is 10.5. The van der Waals surface area contributed by atoms with Crippen molar-refractivity contribution in [2.45, 2.75) is 26.3 Å². The first kappa shape index (κ1) is 11.6. The van der Waals surface area contributed by atoms with Gasteiger partial charge in [-0.2, -0.15) is 0 Å². The molecule has 2 unspecified atom stereocenters. The largest absolute Gasteiger partial charge is 0.481 e. The quantitative estimate of drug-likeness (QED) is 0.799. The van der Waals surface area contributed by atoms with Crippen molar-refractivity contribution in [3.8, 4) is 0 Å². The summed E-state index contributed by atoms with van der Waals surface area (Å²) in [5.74, 6) is 0.991. The maximum atomic E-state index is 10.5. The number of nitrogens with one attached hydrogen (secondary N) is 1. The topological polar surface area (TPSA) is 49.3 Å². The lowest BCUT2D eigenvalue weighted by Crippen LogP contribution is -2.15. The van der Waals surface area contributed by atoms with Gasteiger partial charge in [-0.25, -0.2) is 0 Å². The van der Waals surface area contributed by atoms with Crippen LogP contribution in [0.1, 0.15) is 23.1 Å². The van der Waals surface area contributed by atoms with Crippen molar-refractivity contribution in [1.29, 1.82) is 0 Å². The lowest BCUT2D eigenvalue weighted by Gasteiger charge is -2.00. The van der Waals surface area contributed by atoms with Crippen LogP contribution in [0.4, 0.5) is 0 Å². The molecular formula is C12H17NO2S. The minimum absolute atomic E-state index is 0.143. The van der Waals surface area contributed by atoms with E-state index in [2.05, 4.69) is 12.2 Å². The number of carboxylic acids is 1. The van der Waals surface area contributed by atoms with Crippen LogP contribution in [-0.2, 0) is 17.8 Å². The first-order chi connectivity index (χ1) is 7.65. The molecule has 2 N–H and O–H groups in total. The van der Waals surface area contributed by atoms with E-state index in [4.69, 9.17) is 5.11 Å². The van der Waals surface area contributed by atoms with Gasteiger partial charge in [-0.15, -0.1) is 11.3 Å². The van der Waals surface area contributed by atoms with E-state index in [1.54, 1.807) is 11.3 Å². The third kappa shape index (κ3) is 3.32. The van der Waals surface area contributed by atoms with Crippen molar-refractivity contribution in [2.75, 3.05) is 6.54 Å². The number of carboxylic acid groups (broad SMARTS) is 1. The second-order valence-corrected chi connectivity index (χ2v) is 5.80. The standard InChI is InChI=1S/C12H17NO2S/c1-8-4-9(8)6-13-7-11-3-2-10(16-11)5-12(14)15/h2-3,8-9,13H,4-7H2,1H3,(H,14,15). The first-order valence-corrected chi connectivity index (χ1v) is 6.47. The number of carbonyl (C=O) groups is 1. The summed E-state index contributed by atoms with van der Waals surface area (Å²) in [5.41, 5.74) is 0. The van der Waals surface area contributed by atoms with Crippen molar-refractivity contribution in [3.05, 3.63) is 21.9 Å². The summed E-state index contributed by atoms with van der Waals surface area (Å²) < 4.78 is 0. The van der Waals surface area contributed by atoms with Gasteiger partial charge < -0.3 is 10.4 Å². The van der Waals surface area contributed by atoms with E-state index in [1.165, 1.54) is 11.3 Å². The monoisotopic (exact) mass is 239 g/mol. The van der Waals surface area contributed by atoms with E-state index in [0.29, 0.717) is 0 Å². The Balaban J connectivity index is 1.72. The van der Waals surface area contributed by atoms with Crippen molar-refractivity contribution in [2.24, 2.45) is 11.8 Å². The number of hydrogen-bond donors (Lipinski definition) is 2. The van der Waals surface area contributed by atoms with Crippen LogP contribution in [0.2, 0.25) is 0 Å². The van der Waals surface area contributed by atoms with Crippen molar-refractivity contribution in [3.63, 3.8) is 0 Å². The third-order valence-corrected chi connectivity index (χ3v) is 4.11. The van der Waals surface area contributed by atoms with E-state index in [9.17, 15) is 4.79 Å². The highest BCUT2D eigenvalue weighted by Crippen LogP contribution is 2.36. The molecule has 1 aromatic heterocycles. The molecule has 1 fully saturated rings. The highest BCUT2D eigenvalue weighted by atomic mass is 32.1. The first-order valence-electron chi connectivity index (χ1n) is 5.65. The van der Waals surface area contributed by atoms with Gasteiger partial charge in [-0.1, -0.05) is 6.92 Å². The van der Waals surface area contributed by atoms with Crippen LogP contribution in [0.5, 0.6) is 0 Å². The molecule has 0 aromatic carbocycles. The molecule has 88 valence electrons. The summed E-state index contributed by atoms with van der Waals surface area (Å²) in [6.45, 7) is 4.24. The molecule has 0 spiro atoms. The molecule has 1 aliphatic carbocycles. The highest BCUT2D eigenvalue weighted by molar-refractivity contribution is 7.12. The summed E-state index contributed by atoms with van der Waals surface area (Å²) in [4.78, 5) is 12.7. The van der Waals surface area contributed by atoms with Gasteiger partial charge in [0.05, 0.1) is 6.42 Å². The van der Waals surface area contributed by atoms with Crippen molar-refractivity contribution in [1.82, 2.24) is 5.32 Å². The summed E-state index contributed by atoms with van der Waals surface area (Å²) >= 11 is 1.59. The molecule has 0 radical (unpaired) electrons. The van der Waals surface area contributed by atoms with Crippen LogP contribution in [0.3, 0.4) is 0 Å². The van der Waals surface area contributed by atoms with Gasteiger partial charge in [-0.05, 0) is 36.9 Å². The molecule has 16 heavy (non-hydrogen) atoms. The Labute approximate surface area is 99.5 Å². The number of thiophene rings is 1. The summed E-state index contributed by atoms with van der Waals surface area (Å²) in [5, 5.41) is 12.1. The van der Waals surface area contributed by atoms with E-state index in [1.807, 2.05) is 12.1 Å². The normalized spacial score (nSPS) is 23.3. The Morgan fingerprint density at radius 3 is 2.88 bits per heavy atom. The molecule has 2 rings (SSSR count). The van der Waals surface area contributed by atoms with Gasteiger partial charge in [0, 0.05) is 16.3 Å². The molecule has 2 atom stereocenters. The van der Waals surface area contributed by atoms with Crippen LogP contribution >= 0.6 is 11.3 Å². The zero-order valence-corrected chi connectivity index (χ0v) is 10.2. The Kier molecular flexibility index (Phi) is 3.61. The van der Waals surface area contributed by atoms with Gasteiger partial charge in [-0.3, -0.25) is 4.79 Å². The molecule has 0 bridgehead atoms. The molecule has 1 heterocycles. The molecular weight excluding hydrogens is 222 g/mol. The minimum Gasteiger partial charge on any atom is -0.481 e. The van der Waals surface area contributed by atoms with Crippen LogP contribution in [0.15, 0.2) is 12.1 Å². The molecule has 0 amide bonds. The summed E-state index contributed by atoms with van der Waals surface area (Å²) in [6.07, 6.45) is 1.49. The summed E-state index contributed by atoms with van der Waals surface area (Å²) in [7, 11) is 0. The van der Waals surface area contributed by atoms with E-state index >= 15 is 0 Å². The molecule has 3 nitrogen and oxygen atoms in total. The average molecular weight is 239 g/mol. The fourth-order valence-electron chi connectivity index (χ4n) is 1.83. The zero-order valence-electron chi connectivity index (χ0n) is 9.40. The zero-order chi connectivity index (χ0) is 11.5. The summed E-state index contributed by atoms with van der Waals surface area (Å²) in [6, 6.07) is 3.93. The second-order valence-electron chi connectivity index (χ2n) is 4.54. The number of aliphatic carboxylic acids is 1. The molecule has 1 aliphatic rings. The number of hydrogen-bond acceptors (Lipinski definition) is 3. The van der Waals surface area contributed by atoms with E-state index in [-0.39, 0.29) is 6.42 Å². The number of rotatable bonds is 6. The lowest BCUT2D eigenvalue weighted by atomic mass is 10.3. The van der Waals surface area contributed by atoms with E-state index in [0.717, 1.165) is 29.8 Å². The van der Waals surface area contributed by atoms with Crippen molar-refractivity contribution < 1.29 is 9.90 Å². The van der Waals surface area contributed by atoms with E-state index < -0.39 is 5.97 Å². The van der Waals surface area contributed by atoms with Crippen LogP contribution in [0.25, 0.3) is 0 Å². The Morgan fingerprint density at radius 2 is 2.25 bits per heavy atom. The highest BCUT2D eigenvalue weighted by Gasteiger charge is 2.31. The second kappa shape index (κ2) is 4.97. The molecule has 1 saturated carbocycles. The predicted octanol–water partition coefficient (Wildman–Crippen LogP) is 2.12. The molecule has 0 saturated heterocycles. The maximum Gasteiger partial charge on any atom is 0.308 e. The molecule has 4 heteroatoms. The lowest BCUT2D eigenvalue weighted by molar-refractivity contribution is -0.136. The average Bonchev–Trinajstić information content (AvgIpc) is 2.73. The smallest absolute Gasteiger partial charge is 0.308 e. The van der Waals surface area contributed by atoms with Gasteiger partial charge >= 0.3 is 5.97 Å². The van der Waals surface area contributed by atoms with Gasteiger partial charge in [0.1, 0.15) is 0 Å². The van der Waals surface area contributed by atoms with Crippen LogP contribution in [0, 0.1) is 11.8 Å². The molecule has 0 aliphatic heterocycles. The fourth-order valence-corrected chi connectivity index (χ4v) is 2.80. The third-order valence-electron chi connectivity index (χ3n) is 3.02.